The fourth-order valence-electron chi connectivity index (χ4n) is 4.23. The molecule has 3 aliphatic rings. The Morgan fingerprint density at radius 2 is 2.18 bits per heavy atom. The lowest BCUT2D eigenvalue weighted by atomic mass is 9.79. The van der Waals surface area contributed by atoms with Crippen LogP contribution in [0.5, 0.6) is 0 Å². The minimum atomic E-state index is -0.319. The van der Waals surface area contributed by atoms with Gasteiger partial charge < -0.3 is 10.1 Å². The minimum Gasteiger partial charge on any atom is -0.461 e. The number of esters is 1. The third-order valence-electron chi connectivity index (χ3n) is 5.27. The fraction of sp³-hybridized carbons (Fsp3) is 0.500. The minimum absolute atomic E-state index is 0.0552. The lowest BCUT2D eigenvalue weighted by Crippen LogP contribution is -2.40. The third-order valence-corrected chi connectivity index (χ3v) is 6.87. The number of nitrogens with one attached hydrogen (secondary N) is 1. The van der Waals surface area contributed by atoms with Crippen molar-refractivity contribution in [2.45, 2.75) is 24.3 Å². The van der Waals surface area contributed by atoms with E-state index in [0.29, 0.717) is 10.7 Å². The number of carbonyl (C=O) groups is 2. The number of ether oxygens (including phenoxy) is 1. The molecular formula is C16H15BrClNO3. The molecule has 1 heterocycles. The summed E-state index contributed by atoms with van der Waals surface area (Å²) < 4.78 is 5.43. The van der Waals surface area contributed by atoms with Gasteiger partial charge in [-0.2, -0.15) is 0 Å². The van der Waals surface area contributed by atoms with Gasteiger partial charge in [0.15, 0.2) is 0 Å². The molecule has 1 N–H and O–H groups in total. The van der Waals surface area contributed by atoms with Gasteiger partial charge in [-0.25, -0.2) is 0 Å². The Bertz CT molecular complexity index is 679. The monoisotopic (exact) mass is 383 g/mol. The van der Waals surface area contributed by atoms with E-state index in [1.54, 1.807) is 6.07 Å². The van der Waals surface area contributed by atoms with E-state index in [0.717, 1.165) is 12.0 Å². The molecule has 6 atom stereocenters. The molecule has 2 saturated carbocycles. The molecule has 0 aromatic heterocycles. The van der Waals surface area contributed by atoms with Crippen LogP contribution in [0.15, 0.2) is 18.2 Å². The van der Waals surface area contributed by atoms with Crippen molar-refractivity contribution in [1.29, 1.82) is 0 Å². The largest absolute Gasteiger partial charge is 0.461 e. The Kier molecular flexibility index (Phi) is 3.28. The number of benzene rings is 1. The van der Waals surface area contributed by atoms with Crippen molar-refractivity contribution in [3.8, 4) is 0 Å². The van der Waals surface area contributed by atoms with Crippen LogP contribution in [0.2, 0.25) is 5.02 Å². The molecule has 3 fully saturated rings. The molecule has 2 bridgehead atoms. The predicted octanol–water partition coefficient (Wildman–Crippen LogP) is 3.16. The van der Waals surface area contributed by atoms with Crippen molar-refractivity contribution in [3.05, 3.63) is 28.8 Å². The topological polar surface area (TPSA) is 55.4 Å². The van der Waals surface area contributed by atoms with E-state index in [4.69, 9.17) is 16.3 Å². The van der Waals surface area contributed by atoms with Crippen molar-refractivity contribution in [3.63, 3.8) is 0 Å². The summed E-state index contributed by atoms with van der Waals surface area (Å²) in [7, 11) is 0. The molecule has 2 aliphatic carbocycles. The molecule has 0 radical (unpaired) electrons. The summed E-state index contributed by atoms with van der Waals surface area (Å²) >= 11 is 9.71. The standard InChI is InChI=1S/C16H15BrClNO3/c1-6-2-3-7(4-10(6)18)19-15(20)11-8-5-9-12(11)16(21)22-14(9)13(8)17/h2-4,8-9,11-14H,5H2,1H3,(H,19,20)/t8-,9-,11-,12+,13+,14+/m1/s1. The molecule has 0 spiro atoms. The van der Waals surface area contributed by atoms with E-state index >= 15 is 0 Å². The first kappa shape index (κ1) is 14.5. The average molecular weight is 385 g/mol. The number of rotatable bonds is 2. The first-order valence-corrected chi connectivity index (χ1v) is 8.68. The second-order valence-corrected chi connectivity index (χ2v) is 7.88. The summed E-state index contributed by atoms with van der Waals surface area (Å²) in [4.78, 5) is 24.8. The second kappa shape index (κ2) is 4.96. The molecular weight excluding hydrogens is 370 g/mol. The van der Waals surface area contributed by atoms with Crippen LogP contribution in [0.3, 0.4) is 0 Å². The molecule has 1 aromatic carbocycles. The molecule has 116 valence electrons. The molecule has 4 rings (SSSR count). The highest BCUT2D eigenvalue weighted by Crippen LogP contribution is 2.60. The lowest BCUT2D eigenvalue weighted by Gasteiger charge is -2.27. The zero-order chi connectivity index (χ0) is 15.6. The smallest absolute Gasteiger partial charge is 0.310 e. The van der Waals surface area contributed by atoms with E-state index < -0.39 is 0 Å². The Labute approximate surface area is 141 Å². The molecule has 1 aromatic rings. The van der Waals surface area contributed by atoms with Gasteiger partial charge in [-0.3, -0.25) is 9.59 Å². The Hall–Kier alpha value is -1.07. The molecule has 4 nitrogen and oxygen atoms in total. The molecule has 22 heavy (non-hydrogen) atoms. The molecule has 1 saturated heterocycles. The van der Waals surface area contributed by atoms with Gasteiger partial charge in [0.05, 0.1) is 16.7 Å². The number of halogens is 2. The number of fused-ring (bicyclic) bond motifs is 1. The highest BCUT2D eigenvalue weighted by molar-refractivity contribution is 9.09. The van der Waals surface area contributed by atoms with Crippen LogP contribution < -0.4 is 5.32 Å². The number of amides is 1. The van der Waals surface area contributed by atoms with Gasteiger partial charge in [0.1, 0.15) is 6.10 Å². The van der Waals surface area contributed by atoms with Gasteiger partial charge in [0.2, 0.25) is 5.91 Å². The molecule has 1 aliphatic heterocycles. The molecule has 6 heteroatoms. The molecule has 0 unspecified atom stereocenters. The summed E-state index contributed by atoms with van der Waals surface area (Å²) in [6.07, 6.45) is 0.823. The number of anilines is 1. The summed E-state index contributed by atoms with van der Waals surface area (Å²) in [6.45, 7) is 1.91. The summed E-state index contributed by atoms with van der Waals surface area (Å²) in [5.41, 5.74) is 1.62. The van der Waals surface area contributed by atoms with E-state index in [2.05, 4.69) is 21.2 Å². The first-order valence-electron chi connectivity index (χ1n) is 7.39. The fourth-order valence-corrected chi connectivity index (χ4v) is 5.45. The zero-order valence-electron chi connectivity index (χ0n) is 11.9. The van der Waals surface area contributed by atoms with Crippen LogP contribution in [-0.4, -0.2) is 22.8 Å². The predicted molar refractivity (Wildman–Crippen MR) is 86.0 cm³/mol. The Morgan fingerprint density at radius 3 is 2.91 bits per heavy atom. The van der Waals surface area contributed by atoms with Crippen LogP contribution in [0.25, 0.3) is 0 Å². The van der Waals surface area contributed by atoms with E-state index in [1.165, 1.54) is 0 Å². The quantitative estimate of drug-likeness (QED) is 0.629. The summed E-state index contributed by atoms with van der Waals surface area (Å²) in [6, 6.07) is 5.43. The van der Waals surface area contributed by atoms with Crippen molar-refractivity contribution < 1.29 is 14.3 Å². The average Bonchev–Trinajstić information content (AvgIpc) is 3.07. The Morgan fingerprint density at radius 1 is 1.41 bits per heavy atom. The zero-order valence-corrected chi connectivity index (χ0v) is 14.2. The number of carbonyl (C=O) groups excluding carboxylic acids is 2. The van der Waals surface area contributed by atoms with Gasteiger partial charge >= 0.3 is 5.97 Å². The van der Waals surface area contributed by atoms with Crippen LogP contribution in [0, 0.1) is 30.6 Å². The number of hydrogen-bond donors (Lipinski definition) is 1. The van der Waals surface area contributed by atoms with E-state index in [-0.39, 0.29) is 46.5 Å². The van der Waals surface area contributed by atoms with Gasteiger partial charge in [0, 0.05) is 16.6 Å². The number of aryl methyl sites for hydroxylation is 1. The highest BCUT2D eigenvalue weighted by Gasteiger charge is 2.67. The van der Waals surface area contributed by atoms with Crippen LogP contribution in [0.4, 0.5) is 5.69 Å². The lowest BCUT2D eigenvalue weighted by molar-refractivity contribution is -0.145. The number of alkyl halides is 1. The van der Waals surface area contributed by atoms with Gasteiger partial charge in [0.25, 0.3) is 0 Å². The van der Waals surface area contributed by atoms with E-state index in [1.807, 2.05) is 19.1 Å². The van der Waals surface area contributed by atoms with Gasteiger partial charge in [-0.15, -0.1) is 0 Å². The maximum absolute atomic E-state index is 12.7. The maximum atomic E-state index is 12.7. The van der Waals surface area contributed by atoms with Gasteiger partial charge in [-0.1, -0.05) is 33.6 Å². The van der Waals surface area contributed by atoms with E-state index in [9.17, 15) is 9.59 Å². The second-order valence-electron chi connectivity index (χ2n) is 6.41. The SMILES string of the molecule is Cc1ccc(NC(=O)[C@@H]2[C@H]3C[C@H]4[C@H](OC(=O)[C@@H]42)[C@H]3Br)cc1Cl. The van der Waals surface area contributed by atoms with Crippen LogP contribution in [0.1, 0.15) is 12.0 Å². The maximum Gasteiger partial charge on any atom is 0.310 e. The Balaban J connectivity index is 1.58. The van der Waals surface area contributed by atoms with Crippen LogP contribution >= 0.6 is 27.5 Å². The summed E-state index contributed by atoms with van der Waals surface area (Å²) in [5.74, 6) is -0.599. The van der Waals surface area contributed by atoms with Crippen LogP contribution in [-0.2, 0) is 14.3 Å². The van der Waals surface area contributed by atoms with Gasteiger partial charge in [-0.05, 0) is 37.0 Å². The highest BCUT2D eigenvalue weighted by atomic mass is 79.9. The third kappa shape index (κ3) is 1.95. The molecule has 1 amide bonds. The van der Waals surface area contributed by atoms with Crippen molar-refractivity contribution in [2.24, 2.45) is 23.7 Å². The first-order chi connectivity index (χ1) is 10.5. The summed E-state index contributed by atoms with van der Waals surface area (Å²) in [5, 5.41) is 3.52. The van der Waals surface area contributed by atoms with Crippen molar-refractivity contribution >= 4 is 45.1 Å². The number of hydrogen-bond acceptors (Lipinski definition) is 3. The normalized spacial score (nSPS) is 38.2. The van der Waals surface area contributed by atoms with Crippen molar-refractivity contribution in [1.82, 2.24) is 0 Å². The van der Waals surface area contributed by atoms with Crippen molar-refractivity contribution in [2.75, 3.05) is 5.32 Å².